The molecule has 142 valence electrons. The molecule has 2 aliphatic heterocycles. The highest BCUT2D eigenvalue weighted by molar-refractivity contribution is 5.76. The fraction of sp³-hybridized carbons (Fsp3) is 0.409. The zero-order valence-electron chi connectivity index (χ0n) is 15.6. The van der Waals surface area contributed by atoms with Gasteiger partial charge in [-0.05, 0) is 48.2 Å². The van der Waals surface area contributed by atoms with Crippen molar-refractivity contribution in [1.82, 2.24) is 5.32 Å². The number of esters is 1. The SMILES string of the molecule is CCOC(=O)[C@@H]1[C@@H](c2ccc3c(c2)CCO3)CN[C@H]1c1ccc(C)c(F)c1. The molecule has 0 bridgehead atoms. The molecule has 2 aliphatic rings. The van der Waals surface area contributed by atoms with Gasteiger partial charge in [-0.15, -0.1) is 0 Å². The lowest BCUT2D eigenvalue weighted by atomic mass is 9.82. The molecule has 1 N–H and O–H groups in total. The zero-order chi connectivity index (χ0) is 19.0. The number of hydrogen-bond acceptors (Lipinski definition) is 4. The minimum Gasteiger partial charge on any atom is -0.493 e. The summed E-state index contributed by atoms with van der Waals surface area (Å²) in [5.74, 6) is 0.0107. The molecule has 0 aliphatic carbocycles. The van der Waals surface area contributed by atoms with Crippen LogP contribution in [-0.4, -0.2) is 25.7 Å². The van der Waals surface area contributed by atoms with E-state index in [-0.39, 0.29) is 23.7 Å². The van der Waals surface area contributed by atoms with Crippen molar-refractivity contribution in [2.24, 2.45) is 5.92 Å². The van der Waals surface area contributed by atoms with E-state index < -0.39 is 5.92 Å². The normalized spacial score (nSPS) is 23.7. The van der Waals surface area contributed by atoms with Gasteiger partial charge in [0.25, 0.3) is 0 Å². The summed E-state index contributed by atoms with van der Waals surface area (Å²) in [6, 6.07) is 11.1. The highest BCUT2D eigenvalue weighted by Crippen LogP contribution is 2.42. The van der Waals surface area contributed by atoms with Gasteiger partial charge in [0, 0.05) is 24.9 Å². The van der Waals surface area contributed by atoms with Gasteiger partial charge in [-0.1, -0.05) is 24.3 Å². The van der Waals surface area contributed by atoms with E-state index in [9.17, 15) is 9.18 Å². The Labute approximate surface area is 158 Å². The van der Waals surface area contributed by atoms with Crippen molar-refractivity contribution >= 4 is 5.97 Å². The predicted octanol–water partition coefficient (Wildman–Crippen LogP) is 3.68. The van der Waals surface area contributed by atoms with Crippen LogP contribution in [0.3, 0.4) is 0 Å². The van der Waals surface area contributed by atoms with Crippen molar-refractivity contribution in [2.75, 3.05) is 19.8 Å². The standard InChI is InChI=1S/C22H24FNO3/c1-3-26-22(25)20-17(14-6-7-19-15(10-14)8-9-27-19)12-24-21(20)16-5-4-13(2)18(23)11-16/h4-7,10-11,17,20-21,24H,3,8-9,12H2,1-2H3/t17-,20-,21+/m1/s1. The maximum atomic E-state index is 14.1. The van der Waals surface area contributed by atoms with Crippen LogP contribution in [0.1, 0.15) is 41.1 Å². The number of benzene rings is 2. The lowest BCUT2D eigenvalue weighted by molar-refractivity contribution is -0.148. The van der Waals surface area contributed by atoms with Gasteiger partial charge in [-0.3, -0.25) is 4.79 Å². The Balaban J connectivity index is 1.69. The van der Waals surface area contributed by atoms with Crippen LogP contribution in [0.4, 0.5) is 4.39 Å². The second-order valence-electron chi connectivity index (χ2n) is 7.24. The molecule has 0 radical (unpaired) electrons. The number of carbonyl (C=O) groups excluding carboxylic acids is 1. The second-order valence-corrected chi connectivity index (χ2v) is 7.24. The highest BCUT2D eigenvalue weighted by atomic mass is 19.1. The number of halogens is 1. The van der Waals surface area contributed by atoms with Gasteiger partial charge in [-0.2, -0.15) is 0 Å². The summed E-state index contributed by atoms with van der Waals surface area (Å²) >= 11 is 0. The number of rotatable bonds is 4. The molecule has 0 aromatic heterocycles. The largest absolute Gasteiger partial charge is 0.493 e. The Morgan fingerprint density at radius 2 is 2.07 bits per heavy atom. The van der Waals surface area contributed by atoms with E-state index in [0.717, 1.165) is 23.3 Å². The molecular formula is C22H24FNO3. The first-order valence-corrected chi connectivity index (χ1v) is 9.50. The topological polar surface area (TPSA) is 47.6 Å². The molecule has 0 amide bonds. The van der Waals surface area contributed by atoms with E-state index in [0.29, 0.717) is 25.3 Å². The van der Waals surface area contributed by atoms with Gasteiger partial charge >= 0.3 is 5.97 Å². The van der Waals surface area contributed by atoms with E-state index in [4.69, 9.17) is 9.47 Å². The van der Waals surface area contributed by atoms with Crippen LogP contribution in [0.2, 0.25) is 0 Å². The van der Waals surface area contributed by atoms with E-state index in [1.165, 1.54) is 11.6 Å². The maximum absolute atomic E-state index is 14.1. The van der Waals surface area contributed by atoms with Crippen LogP contribution < -0.4 is 10.1 Å². The van der Waals surface area contributed by atoms with Gasteiger partial charge in [0.1, 0.15) is 11.6 Å². The van der Waals surface area contributed by atoms with E-state index in [1.807, 2.05) is 25.1 Å². The van der Waals surface area contributed by atoms with Crippen LogP contribution in [0.25, 0.3) is 0 Å². The quantitative estimate of drug-likeness (QED) is 0.836. The molecule has 0 spiro atoms. The molecule has 2 aromatic carbocycles. The lowest BCUT2D eigenvalue weighted by Crippen LogP contribution is -2.27. The van der Waals surface area contributed by atoms with Crippen LogP contribution >= 0.6 is 0 Å². The van der Waals surface area contributed by atoms with Crippen molar-refractivity contribution in [3.05, 3.63) is 64.5 Å². The lowest BCUT2D eigenvalue weighted by Gasteiger charge is -2.23. The van der Waals surface area contributed by atoms with Crippen molar-refractivity contribution in [1.29, 1.82) is 0 Å². The Morgan fingerprint density at radius 3 is 2.85 bits per heavy atom. The molecule has 1 fully saturated rings. The van der Waals surface area contributed by atoms with Gasteiger partial charge in [0.05, 0.1) is 19.1 Å². The molecule has 0 unspecified atom stereocenters. The van der Waals surface area contributed by atoms with Crippen LogP contribution in [0, 0.1) is 18.7 Å². The first-order chi connectivity index (χ1) is 13.1. The maximum Gasteiger partial charge on any atom is 0.311 e. The minimum atomic E-state index is -0.396. The number of nitrogens with one attached hydrogen (secondary N) is 1. The number of hydrogen-bond donors (Lipinski definition) is 1. The van der Waals surface area contributed by atoms with Gasteiger partial charge in [0.15, 0.2) is 0 Å². The van der Waals surface area contributed by atoms with Crippen LogP contribution in [-0.2, 0) is 16.0 Å². The predicted molar refractivity (Wildman–Crippen MR) is 100 cm³/mol. The third-order valence-corrected chi connectivity index (χ3v) is 5.61. The Morgan fingerprint density at radius 1 is 1.26 bits per heavy atom. The minimum absolute atomic E-state index is 0.0238. The molecular weight excluding hydrogens is 345 g/mol. The summed E-state index contributed by atoms with van der Waals surface area (Å²) in [6.07, 6.45) is 0.889. The number of aryl methyl sites for hydroxylation is 1. The molecule has 27 heavy (non-hydrogen) atoms. The number of fused-ring (bicyclic) bond motifs is 1. The third-order valence-electron chi connectivity index (χ3n) is 5.61. The average molecular weight is 369 g/mol. The smallest absolute Gasteiger partial charge is 0.311 e. The first kappa shape index (κ1) is 18.0. The molecule has 2 heterocycles. The van der Waals surface area contributed by atoms with E-state index in [1.54, 1.807) is 13.0 Å². The zero-order valence-corrected chi connectivity index (χ0v) is 15.6. The van der Waals surface area contributed by atoms with Crippen LogP contribution in [0.5, 0.6) is 5.75 Å². The molecule has 2 aromatic rings. The van der Waals surface area contributed by atoms with Gasteiger partial charge in [-0.25, -0.2) is 4.39 Å². The van der Waals surface area contributed by atoms with E-state index >= 15 is 0 Å². The third kappa shape index (κ3) is 3.32. The van der Waals surface area contributed by atoms with Crippen LogP contribution in [0.15, 0.2) is 36.4 Å². The summed E-state index contributed by atoms with van der Waals surface area (Å²) in [5, 5.41) is 3.43. The Bertz CT molecular complexity index is 867. The summed E-state index contributed by atoms with van der Waals surface area (Å²) < 4.78 is 25.1. The van der Waals surface area contributed by atoms with Crippen molar-refractivity contribution < 1.29 is 18.7 Å². The van der Waals surface area contributed by atoms with E-state index in [2.05, 4.69) is 11.4 Å². The Kier molecular flexibility index (Phi) is 4.87. The monoisotopic (exact) mass is 369 g/mol. The molecule has 1 saturated heterocycles. The number of carbonyl (C=O) groups is 1. The molecule has 4 rings (SSSR count). The Hall–Kier alpha value is -2.40. The second kappa shape index (κ2) is 7.31. The fourth-order valence-corrected chi connectivity index (χ4v) is 4.17. The average Bonchev–Trinajstić information content (AvgIpc) is 3.30. The van der Waals surface area contributed by atoms with Gasteiger partial charge in [0.2, 0.25) is 0 Å². The number of ether oxygens (including phenoxy) is 2. The molecule has 4 nitrogen and oxygen atoms in total. The molecule has 0 saturated carbocycles. The summed E-state index contributed by atoms with van der Waals surface area (Å²) in [7, 11) is 0. The van der Waals surface area contributed by atoms with Crippen molar-refractivity contribution in [3.8, 4) is 5.75 Å². The van der Waals surface area contributed by atoms with Crippen molar-refractivity contribution in [3.63, 3.8) is 0 Å². The summed E-state index contributed by atoms with van der Waals surface area (Å²) in [4.78, 5) is 12.8. The highest BCUT2D eigenvalue weighted by Gasteiger charge is 2.43. The van der Waals surface area contributed by atoms with Gasteiger partial charge < -0.3 is 14.8 Å². The molecule has 3 atom stereocenters. The summed E-state index contributed by atoms with van der Waals surface area (Å²) in [5.41, 5.74) is 3.66. The van der Waals surface area contributed by atoms with Crippen molar-refractivity contribution in [2.45, 2.75) is 32.2 Å². The summed E-state index contributed by atoms with van der Waals surface area (Å²) in [6.45, 7) is 5.22. The fourth-order valence-electron chi connectivity index (χ4n) is 4.17. The molecule has 5 heteroatoms. The first-order valence-electron chi connectivity index (χ1n) is 9.50.